The first-order valence-corrected chi connectivity index (χ1v) is 5.71. The minimum Gasteiger partial charge on any atom is -0.443 e. The lowest BCUT2D eigenvalue weighted by Crippen LogP contribution is -2.11. The van der Waals surface area contributed by atoms with Crippen molar-refractivity contribution in [3.05, 3.63) is 35.0 Å². The number of carbonyl (C=O) groups is 1. The number of hydrogen-bond acceptors (Lipinski definition) is 4. The highest BCUT2D eigenvalue weighted by molar-refractivity contribution is 7.20. The maximum absolute atomic E-state index is 13.0. The molecule has 3 nitrogen and oxygen atoms in total. The molecule has 0 aliphatic heterocycles. The van der Waals surface area contributed by atoms with E-state index in [9.17, 15) is 9.18 Å². The standard InChI is InChI=1S/C12H8FNO2S/c1-7(6-14)16-12(15)11-5-8-4-9(13)2-3-10(8)17-11/h2-5,7H,1H3/t7-/m1/s1. The minimum absolute atomic E-state index is 0.347. The summed E-state index contributed by atoms with van der Waals surface area (Å²) in [6.07, 6.45) is -0.788. The fourth-order valence-electron chi connectivity index (χ4n) is 1.36. The summed E-state index contributed by atoms with van der Waals surface area (Å²) < 4.78 is 18.6. The van der Waals surface area contributed by atoms with Crippen LogP contribution in [0.1, 0.15) is 16.6 Å². The molecule has 0 aliphatic carbocycles. The Morgan fingerprint density at radius 2 is 2.29 bits per heavy atom. The van der Waals surface area contributed by atoms with E-state index in [0.29, 0.717) is 10.3 Å². The highest BCUT2D eigenvalue weighted by atomic mass is 32.1. The summed E-state index contributed by atoms with van der Waals surface area (Å²) in [5, 5.41) is 9.19. The van der Waals surface area contributed by atoms with Crippen LogP contribution in [-0.2, 0) is 4.74 Å². The number of thiophene rings is 1. The molecule has 0 spiro atoms. The Kier molecular flexibility index (Phi) is 3.07. The van der Waals surface area contributed by atoms with Gasteiger partial charge in [0.15, 0.2) is 6.10 Å². The molecule has 1 heterocycles. The van der Waals surface area contributed by atoms with Crippen LogP contribution < -0.4 is 0 Å². The van der Waals surface area contributed by atoms with Gasteiger partial charge >= 0.3 is 5.97 Å². The van der Waals surface area contributed by atoms with Gasteiger partial charge in [-0.15, -0.1) is 11.3 Å². The molecule has 86 valence electrons. The molecular weight excluding hydrogens is 241 g/mol. The molecule has 0 bridgehead atoms. The number of esters is 1. The van der Waals surface area contributed by atoms with Gasteiger partial charge in [0.1, 0.15) is 16.8 Å². The van der Waals surface area contributed by atoms with Crippen molar-refractivity contribution in [3.8, 4) is 6.07 Å². The molecular formula is C12H8FNO2S. The van der Waals surface area contributed by atoms with Gasteiger partial charge in [0, 0.05) is 4.70 Å². The average Bonchev–Trinajstić information content (AvgIpc) is 2.71. The molecule has 5 heteroatoms. The van der Waals surface area contributed by atoms with E-state index in [0.717, 1.165) is 4.70 Å². The fourth-order valence-corrected chi connectivity index (χ4v) is 2.29. The smallest absolute Gasteiger partial charge is 0.349 e. The number of benzene rings is 1. The number of fused-ring (bicyclic) bond motifs is 1. The van der Waals surface area contributed by atoms with Crippen molar-refractivity contribution in [2.24, 2.45) is 0 Å². The molecule has 0 amide bonds. The molecule has 1 aromatic heterocycles. The SMILES string of the molecule is C[C@H](C#N)OC(=O)c1cc2cc(F)ccc2s1. The first-order chi connectivity index (χ1) is 8.10. The van der Waals surface area contributed by atoms with Crippen LogP contribution in [0.25, 0.3) is 10.1 Å². The Bertz CT molecular complexity index is 614. The van der Waals surface area contributed by atoms with Gasteiger partial charge in [-0.05, 0) is 36.6 Å². The van der Waals surface area contributed by atoms with Gasteiger partial charge in [-0.1, -0.05) is 0 Å². The fraction of sp³-hybridized carbons (Fsp3) is 0.167. The Morgan fingerprint density at radius 3 is 3.00 bits per heavy atom. The van der Waals surface area contributed by atoms with E-state index in [1.54, 1.807) is 12.1 Å². The molecule has 0 aliphatic rings. The van der Waals surface area contributed by atoms with Crippen molar-refractivity contribution in [3.63, 3.8) is 0 Å². The monoisotopic (exact) mass is 249 g/mol. The van der Waals surface area contributed by atoms with Crippen molar-refractivity contribution in [1.29, 1.82) is 5.26 Å². The van der Waals surface area contributed by atoms with Crippen molar-refractivity contribution in [2.75, 3.05) is 0 Å². The number of hydrogen-bond donors (Lipinski definition) is 0. The molecule has 0 radical (unpaired) electrons. The van der Waals surface area contributed by atoms with E-state index in [2.05, 4.69) is 0 Å². The average molecular weight is 249 g/mol. The van der Waals surface area contributed by atoms with Crippen molar-refractivity contribution in [1.82, 2.24) is 0 Å². The maximum Gasteiger partial charge on any atom is 0.349 e. The van der Waals surface area contributed by atoms with Gasteiger partial charge in [-0.2, -0.15) is 5.26 Å². The normalized spacial score (nSPS) is 12.1. The summed E-state index contributed by atoms with van der Waals surface area (Å²) in [5.41, 5.74) is 0. The van der Waals surface area contributed by atoms with Gasteiger partial charge in [0.05, 0.1) is 0 Å². The quantitative estimate of drug-likeness (QED) is 0.768. The number of rotatable bonds is 2. The van der Waals surface area contributed by atoms with Crippen LogP contribution in [0.3, 0.4) is 0 Å². The zero-order valence-electron chi connectivity index (χ0n) is 8.94. The van der Waals surface area contributed by atoms with Crippen molar-refractivity contribution < 1.29 is 13.9 Å². The third-order valence-corrected chi connectivity index (χ3v) is 3.24. The van der Waals surface area contributed by atoms with E-state index in [1.165, 1.54) is 30.4 Å². The molecule has 1 atom stereocenters. The van der Waals surface area contributed by atoms with E-state index in [4.69, 9.17) is 10.00 Å². The van der Waals surface area contributed by atoms with Crippen LogP contribution >= 0.6 is 11.3 Å². The number of ether oxygens (including phenoxy) is 1. The van der Waals surface area contributed by atoms with Crippen LogP contribution in [0, 0.1) is 17.1 Å². The molecule has 0 saturated heterocycles. The minimum atomic E-state index is -0.788. The number of halogens is 1. The van der Waals surface area contributed by atoms with Crippen LogP contribution in [-0.4, -0.2) is 12.1 Å². The van der Waals surface area contributed by atoms with Crippen molar-refractivity contribution in [2.45, 2.75) is 13.0 Å². The summed E-state index contributed by atoms with van der Waals surface area (Å²) in [6.45, 7) is 1.49. The summed E-state index contributed by atoms with van der Waals surface area (Å²) in [7, 11) is 0. The topological polar surface area (TPSA) is 50.1 Å². The van der Waals surface area contributed by atoms with Gasteiger partial charge < -0.3 is 4.74 Å². The molecule has 0 saturated carbocycles. The third-order valence-electron chi connectivity index (χ3n) is 2.15. The highest BCUT2D eigenvalue weighted by Crippen LogP contribution is 2.26. The Balaban J connectivity index is 2.31. The third kappa shape index (κ3) is 2.43. The summed E-state index contributed by atoms with van der Waals surface area (Å²) in [5.74, 6) is -0.902. The van der Waals surface area contributed by atoms with Gasteiger partial charge in [-0.3, -0.25) is 0 Å². The van der Waals surface area contributed by atoms with E-state index >= 15 is 0 Å². The first-order valence-electron chi connectivity index (χ1n) is 4.90. The largest absolute Gasteiger partial charge is 0.443 e. The van der Waals surface area contributed by atoms with Crippen LogP contribution in [0.2, 0.25) is 0 Å². The second-order valence-corrected chi connectivity index (χ2v) is 4.55. The molecule has 17 heavy (non-hydrogen) atoms. The second-order valence-electron chi connectivity index (χ2n) is 3.47. The van der Waals surface area contributed by atoms with E-state index in [1.807, 2.05) is 6.07 Å². The summed E-state index contributed by atoms with van der Waals surface area (Å²) >= 11 is 1.22. The highest BCUT2D eigenvalue weighted by Gasteiger charge is 2.14. The van der Waals surface area contributed by atoms with Crippen LogP contribution in [0.15, 0.2) is 24.3 Å². The Morgan fingerprint density at radius 1 is 1.53 bits per heavy atom. The predicted molar refractivity (Wildman–Crippen MR) is 62.3 cm³/mol. The molecule has 0 unspecified atom stereocenters. The van der Waals surface area contributed by atoms with Crippen LogP contribution in [0.4, 0.5) is 4.39 Å². The van der Waals surface area contributed by atoms with Gasteiger partial charge in [0.2, 0.25) is 0 Å². The number of nitrogens with zero attached hydrogens (tertiary/aromatic N) is 1. The number of carbonyl (C=O) groups excluding carboxylic acids is 1. The van der Waals surface area contributed by atoms with Crippen molar-refractivity contribution >= 4 is 27.4 Å². The summed E-state index contributed by atoms with van der Waals surface area (Å²) in [6, 6.07) is 7.68. The first kappa shape index (κ1) is 11.6. The lowest BCUT2D eigenvalue weighted by Gasteiger charge is -2.02. The van der Waals surface area contributed by atoms with E-state index in [-0.39, 0.29) is 5.82 Å². The lowest BCUT2D eigenvalue weighted by atomic mass is 10.2. The predicted octanol–water partition coefficient (Wildman–Crippen LogP) is 3.11. The lowest BCUT2D eigenvalue weighted by molar-refractivity contribution is 0.0441. The van der Waals surface area contributed by atoms with Crippen LogP contribution in [0.5, 0.6) is 0 Å². The summed E-state index contributed by atoms with van der Waals surface area (Å²) in [4.78, 5) is 12.0. The van der Waals surface area contributed by atoms with Gasteiger partial charge in [0.25, 0.3) is 0 Å². The second kappa shape index (κ2) is 4.52. The molecule has 2 rings (SSSR count). The molecule has 0 N–H and O–H groups in total. The number of nitriles is 1. The molecule has 2 aromatic rings. The molecule has 1 aromatic carbocycles. The zero-order chi connectivity index (χ0) is 12.4. The Hall–Kier alpha value is -1.93. The molecule has 0 fully saturated rings. The zero-order valence-corrected chi connectivity index (χ0v) is 9.75. The Labute approximate surface area is 101 Å². The van der Waals surface area contributed by atoms with E-state index < -0.39 is 12.1 Å². The maximum atomic E-state index is 13.0. The van der Waals surface area contributed by atoms with Gasteiger partial charge in [-0.25, -0.2) is 9.18 Å².